The summed E-state index contributed by atoms with van der Waals surface area (Å²) in [6, 6.07) is 0. The van der Waals surface area contributed by atoms with Gasteiger partial charge in [-0.05, 0) is 37.5 Å². The molecule has 0 aromatic rings. The van der Waals surface area contributed by atoms with Gasteiger partial charge in [0, 0.05) is 0 Å². The monoisotopic (exact) mass is 258 g/mol. The lowest BCUT2D eigenvalue weighted by atomic mass is 9.89. The molecule has 0 N–H and O–H groups in total. The third-order valence-corrected chi connectivity index (χ3v) is 5.71. The van der Waals surface area contributed by atoms with Gasteiger partial charge in [-0.15, -0.1) is 0 Å². The Morgan fingerprint density at radius 1 is 0.941 bits per heavy atom. The summed E-state index contributed by atoms with van der Waals surface area (Å²) in [5.74, 6) is 1.47. The van der Waals surface area contributed by atoms with Crippen molar-refractivity contribution in [1.82, 2.24) is 0 Å². The zero-order chi connectivity index (χ0) is 12.3. The van der Waals surface area contributed by atoms with Crippen molar-refractivity contribution in [2.24, 2.45) is 11.8 Å². The largest absolute Gasteiger partial charge is 0.287 e. The first-order valence-electron chi connectivity index (χ1n) is 7.23. The van der Waals surface area contributed by atoms with Gasteiger partial charge in [0.05, 0.1) is 11.4 Å². The molecule has 0 saturated heterocycles. The van der Waals surface area contributed by atoms with Crippen molar-refractivity contribution in [3.8, 4) is 0 Å². The van der Waals surface area contributed by atoms with Gasteiger partial charge in [0.25, 0.3) is 0 Å². The van der Waals surface area contributed by atoms with Gasteiger partial charge in [-0.25, -0.2) is 4.21 Å². The van der Waals surface area contributed by atoms with Crippen molar-refractivity contribution >= 4 is 11.1 Å². The maximum absolute atomic E-state index is 12.2. The average molecular weight is 258 g/mol. The smallest absolute Gasteiger partial charge is 0.158 e. The summed E-state index contributed by atoms with van der Waals surface area (Å²) in [5, 5.41) is 0.302. The van der Waals surface area contributed by atoms with Crippen LogP contribution >= 0.6 is 0 Å². The third-order valence-electron chi connectivity index (χ3n) is 4.28. The summed E-state index contributed by atoms with van der Waals surface area (Å²) in [6.07, 6.45) is 9.74. The van der Waals surface area contributed by atoms with Gasteiger partial charge in [-0.2, -0.15) is 0 Å². The van der Waals surface area contributed by atoms with E-state index < -0.39 is 11.1 Å². The highest BCUT2D eigenvalue weighted by molar-refractivity contribution is 7.80. The maximum Gasteiger partial charge on any atom is 0.158 e. The van der Waals surface area contributed by atoms with Gasteiger partial charge in [0.2, 0.25) is 0 Å². The number of hydrogen-bond acceptors (Lipinski definition) is 2. The molecule has 0 radical (unpaired) electrons. The van der Waals surface area contributed by atoms with Crippen molar-refractivity contribution in [3.63, 3.8) is 0 Å². The van der Waals surface area contributed by atoms with Crippen molar-refractivity contribution in [2.75, 3.05) is 0 Å². The maximum atomic E-state index is 12.2. The Labute approximate surface area is 108 Å². The molecule has 0 aromatic carbocycles. The Morgan fingerprint density at radius 3 is 2.24 bits per heavy atom. The van der Waals surface area contributed by atoms with Crippen LogP contribution in [0.2, 0.25) is 0 Å². The van der Waals surface area contributed by atoms with E-state index in [9.17, 15) is 4.21 Å². The first-order chi connectivity index (χ1) is 8.15. The van der Waals surface area contributed by atoms with Gasteiger partial charge in [0.15, 0.2) is 11.1 Å². The molecule has 0 bridgehead atoms. The van der Waals surface area contributed by atoms with E-state index in [2.05, 4.69) is 13.8 Å². The van der Waals surface area contributed by atoms with Crippen LogP contribution < -0.4 is 0 Å². The van der Waals surface area contributed by atoms with Crippen LogP contribution in [0.25, 0.3) is 0 Å². The molecule has 5 unspecified atom stereocenters. The molecule has 3 heteroatoms. The highest BCUT2D eigenvalue weighted by Gasteiger charge is 2.28. The first kappa shape index (κ1) is 13.5. The third kappa shape index (κ3) is 4.06. The summed E-state index contributed by atoms with van der Waals surface area (Å²) in [6.45, 7) is 4.55. The van der Waals surface area contributed by atoms with E-state index in [1.807, 2.05) is 0 Å². The molecule has 0 aliphatic heterocycles. The molecule has 0 aromatic heterocycles. The lowest BCUT2D eigenvalue weighted by Gasteiger charge is -2.30. The predicted molar refractivity (Wildman–Crippen MR) is 72.1 cm³/mol. The molecule has 5 atom stereocenters. The first-order valence-corrected chi connectivity index (χ1v) is 8.36. The molecule has 2 fully saturated rings. The summed E-state index contributed by atoms with van der Waals surface area (Å²) in [7, 11) is 0. The van der Waals surface area contributed by atoms with E-state index in [0.29, 0.717) is 5.25 Å². The second-order valence-electron chi connectivity index (χ2n) is 6.14. The minimum absolute atomic E-state index is 0.261. The van der Waals surface area contributed by atoms with Crippen LogP contribution in [0.3, 0.4) is 0 Å². The Balaban J connectivity index is 1.79. The van der Waals surface area contributed by atoms with Crippen molar-refractivity contribution in [3.05, 3.63) is 0 Å². The van der Waals surface area contributed by atoms with Crippen LogP contribution in [0.15, 0.2) is 0 Å². The average Bonchev–Trinajstić information content (AvgIpc) is 2.29. The molecular weight excluding hydrogens is 232 g/mol. The van der Waals surface area contributed by atoms with Gasteiger partial charge >= 0.3 is 0 Å². The standard InChI is InChI=1S/C14H26O2S/c1-11-5-3-7-13(9-11)16-17(15)14-8-4-6-12(2)10-14/h11-14H,3-10H2,1-2H3. The second-order valence-corrected chi connectivity index (χ2v) is 7.52. The van der Waals surface area contributed by atoms with Crippen LogP contribution in [0.4, 0.5) is 0 Å². The van der Waals surface area contributed by atoms with E-state index >= 15 is 0 Å². The van der Waals surface area contributed by atoms with Crippen molar-refractivity contribution in [1.29, 1.82) is 0 Å². The Bertz CT molecular complexity index is 267. The summed E-state index contributed by atoms with van der Waals surface area (Å²) in [5.41, 5.74) is 0. The summed E-state index contributed by atoms with van der Waals surface area (Å²) < 4.78 is 18.0. The number of rotatable bonds is 3. The highest BCUT2D eigenvalue weighted by Crippen LogP contribution is 2.31. The topological polar surface area (TPSA) is 26.3 Å². The lowest BCUT2D eigenvalue weighted by Crippen LogP contribution is -2.29. The van der Waals surface area contributed by atoms with Gasteiger partial charge in [-0.3, -0.25) is 4.18 Å². The fourth-order valence-corrected chi connectivity index (χ4v) is 4.68. The van der Waals surface area contributed by atoms with Crippen LogP contribution in [-0.2, 0) is 15.3 Å². The second kappa shape index (κ2) is 6.33. The quantitative estimate of drug-likeness (QED) is 0.769. The Kier molecular flexibility index (Phi) is 5.04. The van der Waals surface area contributed by atoms with E-state index in [1.165, 1.54) is 25.7 Å². The van der Waals surface area contributed by atoms with E-state index in [-0.39, 0.29) is 6.10 Å². The molecule has 2 nitrogen and oxygen atoms in total. The summed E-state index contributed by atoms with van der Waals surface area (Å²) >= 11 is -1.04. The normalized spacial score (nSPS) is 41.1. The van der Waals surface area contributed by atoms with E-state index in [1.54, 1.807) is 0 Å². The predicted octanol–water partition coefficient (Wildman–Crippen LogP) is 3.82. The molecule has 0 amide bonds. The molecule has 2 aliphatic rings. The molecule has 17 heavy (non-hydrogen) atoms. The molecule has 0 spiro atoms. The fourth-order valence-electron chi connectivity index (χ4n) is 3.23. The molecular formula is C14H26O2S. The zero-order valence-corrected chi connectivity index (χ0v) is 12.0. The SMILES string of the molecule is CC1CCCC(OS(=O)C2CCCC(C)C2)C1. The fraction of sp³-hybridized carbons (Fsp3) is 1.00. The minimum Gasteiger partial charge on any atom is -0.287 e. The molecule has 2 aliphatic carbocycles. The van der Waals surface area contributed by atoms with Crippen LogP contribution in [0, 0.1) is 11.8 Å². The molecule has 100 valence electrons. The lowest BCUT2D eigenvalue weighted by molar-refractivity contribution is 0.142. The van der Waals surface area contributed by atoms with E-state index in [4.69, 9.17) is 4.18 Å². The van der Waals surface area contributed by atoms with E-state index in [0.717, 1.165) is 37.5 Å². The van der Waals surface area contributed by atoms with Crippen LogP contribution in [-0.4, -0.2) is 15.6 Å². The Hall–Kier alpha value is 0.110. The Morgan fingerprint density at radius 2 is 1.59 bits per heavy atom. The van der Waals surface area contributed by atoms with Crippen molar-refractivity contribution < 1.29 is 8.39 Å². The van der Waals surface area contributed by atoms with Gasteiger partial charge < -0.3 is 0 Å². The molecule has 0 heterocycles. The highest BCUT2D eigenvalue weighted by atomic mass is 32.2. The van der Waals surface area contributed by atoms with Gasteiger partial charge in [0.1, 0.15) is 0 Å². The summed E-state index contributed by atoms with van der Waals surface area (Å²) in [4.78, 5) is 0. The molecule has 2 saturated carbocycles. The number of hydrogen-bond donors (Lipinski definition) is 0. The van der Waals surface area contributed by atoms with Gasteiger partial charge in [-0.1, -0.05) is 39.5 Å². The minimum atomic E-state index is -1.04. The van der Waals surface area contributed by atoms with Crippen LogP contribution in [0.5, 0.6) is 0 Å². The van der Waals surface area contributed by atoms with Crippen LogP contribution in [0.1, 0.15) is 65.2 Å². The zero-order valence-electron chi connectivity index (χ0n) is 11.2. The molecule has 2 rings (SSSR count). The van der Waals surface area contributed by atoms with Crippen molar-refractivity contribution in [2.45, 2.75) is 76.6 Å².